The number of rotatable bonds is 6. The first-order chi connectivity index (χ1) is 13.9. The Hall–Kier alpha value is -2.77. The molecule has 0 aliphatic carbocycles. The first kappa shape index (κ1) is 23.5. The molecule has 7 nitrogen and oxygen atoms in total. The van der Waals surface area contributed by atoms with Gasteiger partial charge in [-0.2, -0.15) is 0 Å². The van der Waals surface area contributed by atoms with Crippen molar-refractivity contribution in [3.05, 3.63) is 63.6 Å². The topological polar surface area (TPSA) is 105 Å². The number of halogens is 2. The maximum atomic E-state index is 12.4. The number of anilines is 1. The Morgan fingerprint density at radius 1 is 1.07 bits per heavy atom. The molecule has 0 aliphatic heterocycles. The van der Waals surface area contributed by atoms with E-state index < -0.39 is 29.6 Å². The van der Waals surface area contributed by atoms with Crippen LogP contribution in [0.15, 0.2) is 42.5 Å². The quantitative estimate of drug-likeness (QED) is 0.585. The lowest BCUT2D eigenvalue weighted by atomic mass is 10.1. The molecule has 0 aliphatic rings. The van der Waals surface area contributed by atoms with Crippen LogP contribution in [0.2, 0.25) is 10.0 Å². The van der Waals surface area contributed by atoms with E-state index in [0.717, 1.165) is 0 Å². The molecule has 2 amide bonds. The van der Waals surface area contributed by atoms with Gasteiger partial charge in [0.15, 0.2) is 0 Å². The molecule has 0 fully saturated rings. The van der Waals surface area contributed by atoms with Gasteiger partial charge < -0.3 is 20.5 Å². The molecule has 0 saturated carbocycles. The van der Waals surface area contributed by atoms with Gasteiger partial charge in [0.25, 0.3) is 5.91 Å². The van der Waals surface area contributed by atoms with Gasteiger partial charge in [-0.05, 0) is 56.7 Å². The van der Waals surface area contributed by atoms with E-state index in [4.69, 9.17) is 27.9 Å². The number of carbonyl (C=O) groups is 3. The van der Waals surface area contributed by atoms with Crippen molar-refractivity contribution in [2.45, 2.75) is 38.8 Å². The minimum atomic E-state index is -1.18. The molecule has 3 N–H and O–H groups in total. The van der Waals surface area contributed by atoms with Gasteiger partial charge in [0.1, 0.15) is 11.6 Å². The van der Waals surface area contributed by atoms with Crippen LogP contribution in [0.1, 0.15) is 36.7 Å². The van der Waals surface area contributed by atoms with Crippen molar-refractivity contribution < 1.29 is 24.2 Å². The lowest BCUT2D eigenvalue weighted by Crippen LogP contribution is -2.44. The number of amides is 2. The van der Waals surface area contributed by atoms with Crippen molar-refractivity contribution in [2.24, 2.45) is 0 Å². The molecule has 0 radical (unpaired) electrons. The van der Waals surface area contributed by atoms with Crippen molar-refractivity contribution in [2.75, 3.05) is 5.32 Å². The third-order valence-electron chi connectivity index (χ3n) is 3.82. The van der Waals surface area contributed by atoms with Gasteiger partial charge in [0.05, 0.1) is 10.6 Å². The minimum absolute atomic E-state index is 0.0474. The van der Waals surface area contributed by atoms with Crippen LogP contribution < -0.4 is 10.6 Å². The summed E-state index contributed by atoms with van der Waals surface area (Å²) in [6.45, 7) is 5.06. The summed E-state index contributed by atoms with van der Waals surface area (Å²) in [4.78, 5) is 35.7. The number of nitrogens with one attached hydrogen (secondary N) is 2. The van der Waals surface area contributed by atoms with Crippen molar-refractivity contribution in [1.29, 1.82) is 0 Å². The number of carboxylic acids is 1. The average molecular weight is 453 g/mol. The molecule has 0 bridgehead atoms. The fourth-order valence-electron chi connectivity index (χ4n) is 2.48. The summed E-state index contributed by atoms with van der Waals surface area (Å²) in [6.07, 6.45) is -0.759. The third-order valence-corrected chi connectivity index (χ3v) is 4.36. The van der Waals surface area contributed by atoms with Gasteiger partial charge in [-0.3, -0.25) is 4.79 Å². The highest BCUT2D eigenvalue weighted by molar-refractivity contribution is 6.37. The van der Waals surface area contributed by atoms with Crippen molar-refractivity contribution in [1.82, 2.24) is 5.32 Å². The smallest absolute Gasteiger partial charge is 0.408 e. The molecule has 1 atom stereocenters. The lowest BCUT2D eigenvalue weighted by Gasteiger charge is -2.22. The molecule has 2 rings (SSSR count). The first-order valence-corrected chi connectivity index (χ1v) is 9.78. The Bertz CT molecular complexity index is 939. The second-order valence-corrected chi connectivity index (χ2v) is 8.36. The van der Waals surface area contributed by atoms with E-state index in [-0.39, 0.29) is 17.0 Å². The summed E-state index contributed by atoms with van der Waals surface area (Å²) < 4.78 is 5.10. The molecule has 2 aromatic rings. The predicted molar refractivity (Wildman–Crippen MR) is 115 cm³/mol. The molecule has 1 unspecified atom stereocenters. The molecule has 30 heavy (non-hydrogen) atoms. The monoisotopic (exact) mass is 452 g/mol. The summed E-state index contributed by atoms with van der Waals surface area (Å²) in [5.41, 5.74) is 0.695. The van der Waals surface area contributed by atoms with Crippen molar-refractivity contribution >= 4 is 46.9 Å². The number of carbonyl (C=O) groups excluding carboxylic acids is 2. The van der Waals surface area contributed by atoms with E-state index >= 15 is 0 Å². The normalized spacial score (nSPS) is 12.0. The van der Waals surface area contributed by atoms with Gasteiger partial charge >= 0.3 is 12.1 Å². The van der Waals surface area contributed by atoms with E-state index in [9.17, 15) is 19.5 Å². The summed E-state index contributed by atoms with van der Waals surface area (Å²) >= 11 is 11.9. The summed E-state index contributed by atoms with van der Waals surface area (Å²) in [5.74, 6) is -1.59. The maximum absolute atomic E-state index is 12.4. The van der Waals surface area contributed by atoms with Crippen LogP contribution in [0, 0.1) is 0 Å². The molecule has 160 valence electrons. The zero-order chi connectivity index (χ0) is 22.5. The van der Waals surface area contributed by atoms with Crippen LogP contribution in [0.5, 0.6) is 0 Å². The van der Waals surface area contributed by atoms with Crippen molar-refractivity contribution in [3.8, 4) is 0 Å². The Balaban J connectivity index is 2.02. The Morgan fingerprint density at radius 2 is 1.70 bits per heavy atom. The number of hydrogen-bond donors (Lipinski definition) is 3. The van der Waals surface area contributed by atoms with Gasteiger partial charge in [-0.25, -0.2) is 9.59 Å². The van der Waals surface area contributed by atoms with E-state index in [2.05, 4.69) is 10.6 Å². The minimum Gasteiger partial charge on any atom is -0.480 e. The first-order valence-electron chi connectivity index (χ1n) is 9.02. The van der Waals surface area contributed by atoms with Gasteiger partial charge in [0.2, 0.25) is 0 Å². The molecule has 9 heteroatoms. The highest BCUT2D eigenvalue weighted by atomic mass is 35.5. The third kappa shape index (κ3) is 7.24. The number of carboxylic acid groups (broad SMARTS) is 1. The fraction of sp³-hybridized carbons (Fsp3) is 0.286. The lowest BCUT2D eigenvalue weighted by molar-refractivity contribution is -0.139. The van der Waals surface area contributed by atoms with Crippen LogP contribution >= 0.6 is 23.2 Å². The summed E-state index contributed by atoms with van der Waals surface area (Å²) in [5, 5.41) is 15.1. The predicted octanol–water partition coefficient (Wildman–Crippen LogP) is 4.77. The van der Waals surface area contributed by atoms with Crippen LogP contribution in [-0.2, 0) is 16.0 Å². The summed E-state index contributed by atoms with van der Waals surface area (Å²) in [6, 6.07) is 9.98. The van der Waals surface area contributed by atoms with E-state index in [1.165, 1.54) is 12.1 Å². The van der Waals surface area contributed by atoms with Crippen LogP contribution in [0.4, 0.5) is 10.5 Å². The number of hydrogen-bond acceptors (Lipinski definition) is 4. The highest BCUT2D eigenvalue weighted by Crippen LogP contribution is 2.22. The number of alkyl carbamates (subject to hydrolysis) is 1. The molecule has 0 aromatic heterocycles. The second-order valence-electron chi connectivity index (χ2n) is 7.52. The Kier molecular flexibility index (Phi) is 7.70. The van der Waals surface area contributed by atoms with Gasteiger partial charge in [-0.1, -0.05) is 35.3 Å². The van der Waals surface area contributed by atoms with Gasteiger partial charge in [-0.15, -0.1) is 0 Å². The second kappa shape index (κ2) is 9.82. The highest BCUT2D eigenvalue weighted by Gasteiger charge is 2.24. The van der Waals surface area contributed by atoms with Gasteiger partial charge in [0, 0.05) is 17.1 Å². The Labute approximate surface area is 184 Å². The molecular formula is C21H22Cl2N2O5. The van der Waals surface area contributed by atoms with E-state index in [1.54, 1.807) is 51.1 Å². The molecule has 2 aromatic carbocycles. The zero-order valence-corrected chi connectivity index (χ0v) is 18.2. The maximum Gasteiger partial charge on any atom is 0.408 e. The van der Waals surface area contributed by atoms with E-state index in [0.29, 0.717) is 16.3 Å². The van der Waals surface area contributed by atoms with Crippen LogP contribution in [0.3, 0.4) is 0 Å². The number of aliphatic carboxylic acids is 1. The summed E-state index contributed by atoms with van der Waals surface area (Å²) in [7, 11) is 0. The largest absolute Gasteiger partial charge is 0.480 e. The number of ether oxygens (including phenoxy) is 1. The zero-order valence-electron chi connectivity index (χ0n) is 16.7. The number of benzene rings is 2. The molecular weight excluding hydrogens is 431 g/mol. The molecule has 0 heterocycles. The Morgan fingerprint density at radius 3 is 2.23 bits per heavy atom. The fourth-order valence-corrected chi connectivity index (χ4v) is 2.98. The standard InChI is InChI=1S/C21H22Cl2N2O5/c1-21(2,3)30-20(29)25-17(19(27)28)10-12-4-7-14(8-5-12)24-18(26)15-9-6-13(22)11-16(15)23/h4-9,11,17H,10H2,1-3H3,(H,24,26)(H,25,29)(H,27,28). The van der Waals surface area contributed by atoms with E-state index in [1.807, 2.05) is 0 Å². The SMILES string of the molecule is CC(C)(C)OC(=O)NC(Cc1ccc(NC(=O)c2ccc(Cl)cc2Cl)cc1)C(=O)O. The molecule has 0 saturated heterocycles. The van der Waals surface area contributed by atoms with Crippen LogP contribution in [0.25, 0.3) is 0 Å². The average Bonchev–Trinajstić information content (AvgIpc) is 2.60. The van der Waals surface area contributed by atoms with Crippen LogP contribution in [-0.4, -0.2) is 34.7 Å². The molecule has 0 spiro atoms. The van der Waals surface area contributed by atoms with Crippen molar-refractivity contribution in [3.63, 3.8) is 0 Å².